The zero-order valence-electron chi connectivity index (χ0n) is 16.1. The summed E-state index contributed by atoms with van der Waals surface area (Å²) in [5, 5.41) is 0.850. The molecule has 0 aliphatic heterocycles. The van der Waals surface area contributed by atoms with Crippen LogP contribution in [0.4, 0.5) is 13.2 Å². The van der Waals surface area contributed by atoms with Gasteiger partial charge in [0.1, 0.15) is 17.4 Å². The first kappa shape index (κ1) is 22.4. The van der Waals surface area contributed by atoms with Gasteiger partial charge in [0.05, 0.1) is 5.41 Å². The van der Waals surface area contributed by atoms with Crippen LogP contribution in [0.3, 0.4) is 0 Å². The second-order valence-corrected chi connectivity index (χ2v) is 7.99. The lowest BCUT2D eigenvalue weighted by Crippen LogP contribution is -2.30. The van der Waals surface area contributed by atoms with Gasteiger partial charge >= 0.3 is 0 Å². The third kappa shape index (κ3) is 4.57. The quantitative estimate of drug-likeness (QED) is 0.299. The van der Waals surface area contributed by atoms with Crippen LogP contribution in [0.2, 0.25) is 5.02 Å². The van der Waals surface area contributed by atoms with Crippen molar-refractivity contribution in [1.29, 1.82) is 0 Å². The van der Waals surface area contributed by atoms with Crippen molar-refractivity contribution in [3.05, 3.63) is 106 Å². The molecule has 0 saturated carbocycles. The van der Waals surface area contributed by atoms with Gasteiger partial charge in [0, 0.05) is 10.4 Å². The number of allylic oxidation sites excluding steroid dienone is 2. The molecule has 3 rings (SSSR count). The van der Waals surface area contributed by atoms with E-state index in [1.807, 2.05) is 6.07 Å². The fraction of sp³-hybridized carbons (Fsp3) is 0.167. The number of para-hydroxylation sites is 1. The first-order valence-corrected chi connectivity index (χ1v) is 10.8. The van der Waals surface area contributed by atoms with Crippen molar-refractivity contribution >= 4 is 27.5 Å². The van der Waals surface area contributed by atoms with Crippen molar-refractivity contribution in [2.45, 2.75) is 18.8 Å². The van der Waals surface area contributed by atoms with E-state index in [-0.39, 0.29) is 12.2 Å². The summed E-state index contributed by atoms with van der Waals surface area (Å²) in [4.78, 5) is 0. The molecule has 0 aliphatic rings. The molecular formula is C24H19BrClF3O. The summed E-state index contributed by atoms with van der Waals surface area (Å²) in [5.41, 5.74) is -0.612. The summed E-state index contributed by atoms with van der Waals surface area (Å²) in [5.74, 6) is -2.13. The second-order valence-electron chi connectivity index (χ2n) is 6.76. The smallest absolute Gasteiger partial charge is 0.165 e. The number of benzene rings is 3. The summed E-state index contributed by atoms with van der Waals surface area (Å²) in [6, 6.07) is 19.3. The van der Waals surface area contributed by atoms with E-state index >= 15 is 4.39 Å². The van der Waals surface area contributed by atoms with E-state index in [1.165, 1.54) is 18.2 Å². The van der Waals surface area contributed by atoms with Crippen LogP contribution in [0.5, 0.6) is 11.5 Å². The number of ether oxygens (including phenoxy) is 1. The van der Waals surface area contributed by atoms with Crippen LogP contribution in [-0.2, 0) is 5.41 Å². The monoisotopic (exact) mass is 494 g/mol. The second kappa shape index (κ2) is 9.71. The van der Waals surface area contributed by atoms with Gasteiger partial charge < -0.3 is 4.74 Å². The molecule has 3 aromatic carbocycles. The van der Waals surface area contributed by atoms with Gasteiger partial charge in [0.2, 0.25) is 0 Å². The molecule has 1 atom stereocenters. The Labute approximate surface area is 187 Å². The average Bonchev–Trinajstić information content (AvgIpc) is 2.74. The van der Waals surface area contributed by atoms with E-state index in [0.29, 0.717) is 27.2 Å². The van der Waals surface area contributed by atoms with Crippen LogP contribution in [0.1, 0.15) is 24.5 Å². The molecule has 0 radical (unpaired) electrons. The molecule has 6 heteroatoms. The third-order valence-corrected chi connectivity index (χ3v) is 5.53. The van der Waals surface area contributed by atoms with Crippen LogP contribution < -0.4 is 4.74 Å². The predicted octanol–water partition coefficient (Wildman–Crippen LogP) is 8.51. The van der Waals surface area contributed by atoms with E-state index in [4.69, 9.17) is 16.3 Å². The van der Waals surface area contributed by atoms with Crippen molar-refractivity contribution < 1.29 is 17.9 Å². The minimum Gasteiger partial charge on any atom is -0.454 e. The van der Waals surface area contributed by atoms with Crippen molar-refractivity contribution in [2.75, 3.05) is 5.33 Å². The Kier molecular flexibility index (Phi) is 7.27. The molecule has 1 unspecified atom stereocenters. The highest BCUT2D eigenvalue weighted by molar-refractivity contribution is 9.09. The van der Waals surface area contributed by atoms with Gasteiger partial charge in [0.25, 0.3) is 0 Å². The lowest BCUT2D eigenvalue weighted by atomic mass is 9.71. The van der Waals surface area contributed by atoms with Gasteiger partial charge in [-0.25, -0.2) is 13.2 Å². The number of rotatable bonds is 7. The minimum atomic E-state index is -1.48. The maximum Gasteiger partial charge on any atom is 0.165 e. The van der Waals surface area contributed by atoms with Gasteiger partial charge in [-0.3, -0.25) is 0 Å². The van der Waals surface area contributed by atoms with Crippen molar-refractivity contribution in [2.24, 2.45) is 0 Å². The maximum atomic E-state index is 15.5. The lowest BCUT2D eigenvalue weighted by Gasteiger charge is -2.34. The van der Waals surface area contributed by atoms with E-state index < -0.39 is 22.9 Å². The zero-order chi connectivity index (χ0) is 21.7. The molecule has 0 amide bonds. The Morgan fingerprint density at radius 2 is 1.60 bits per heavy atom. The fourth-order valence-electron chi connectivity index (χ4n) is 3.45. The van der Waals surface area contributed by atoms with Crippen LogP contribution in [0.25, 0.3) is 0 Å². The third-order valence-electron chi connectivity index (χ3n) is 4.88. The average molecular weight is 496 g/mol. The summed E-state index contributed by atoms with van der Waals surface area (Å²) in [7, 11) is 0. The molecule has 0 spiro atoms. The molecule has 3 aromatic rings. The first-order valence-electron chi connectivity index (χ1n) is 9.26. The summed E-state index contributed by atoms with van der Waals surface area (Å²) >= 11 is 9.36. The highest BCUT2D eigenvalue weighted by Gasteiger charge is 2.41. The van der Waals surface area contributed by atoms with Crippen LogP contribution in [0.15, 0.2) is 84.5 Å². The largest absolute Gasteiger partial charge is 0.454 e. The van der Waals surface area contributed by atoms with Gasteiger partial charge in [-0.15, -0.1) is 0 Å². The molecular weight excluding hydrogens is 477 g/mol. The highest BCUT2D eigenvalue weighted by Crippen LogP contribution is 2.46. The molecule has 1 nitrogen and oxygen atoms in total. The van der Waals surface area contributed by atoms with Gasteiger partial charge in [0.15, 0.2) is 11.6 Å². The maximum absolute atomic E-state index is 15.5. The van der Waals surface area contributed by atoms with E-state index in [9.17, 15) is 8.78 Å². The Hall–Kier alpha value is -2.24. The van der Waals surface area contributed by atoms with Crippen LogP contribution in [-0.4, -0.2) is 5.33 Å². The molecule has 0 heterocycles. The lowest BCUT2D eigenvalue weighted by molar-refractivity contribution is 0.403. The molecule has 0 bridgehead atoms. The van der Waals surface area contributed by atoms with Crippen molar-refractivity contribution in [3.8, 4) is 11.5 Å². The van der Waals surface area contributed by atoms with Crippen molar-refractivity contribution in [3.63, 3.8) is 0 Å². The molecule has 0 N–H and O–H groups in total. The number of hydrogen-bond acceptors (Lipinski definition) is 1. The standard InChI is InChI=1S/C24H19BrClF3O/c1-16(27)23(29)24(13-14-25,17-7-10-19(26)11-8-17)18-9-12-21(28)22(15-18)30-20-5-3-2-4-6-20/h2-12,15H,13-14H2,1H3/b23-16+. The normalized spacial score (nSPS) is 14.1. The van der Waals surface area contributed by atoms with Crippen LogP contribution in [0, 0.1) is 5.82 Å². The number of alkyl halides is 1. The predicted molar refractivity (Wildman–Crippen MR) is 118 cm³/mol. The first-order chi connectivity index (χ1) is 14.4. The summed E-state index contributed by atoms with van der Waals surface area (Å²) < 4.78 is 49.9. The molecule has 0 fully saturated rings. The number of hydrogen-bond donors (Lipinski definition) is 0. The Bertz CT molecular complexity index is 1030. The van der Waals surface area contributed by atoms with Gasteiger partial charge in [-0.2, -0.15) is 0 Å². The van der Waals surface area contributed by atoms with Crippen LogP contribution >= 0.6 is 27.5 Å². The van der Waals surface area contributed by atoms with Crippen molar-refractivity contribution in [1.82, 2.24) is 0 Å². The van der Waals surface area contributed by atoms with Gasteiger partial charge in [-0.05, 0) is 60.9 Å². The minimum absolute atomic E-state index is 0.0732. The molecule has 30 heavy (non-hydrogen) atoms. The van der Waals surface area contributed by atoms with E-state index in [2.05, 4.69) is 15.9 Å². The fourth-order valence-corrected chi connectivity index (χ4v) is 4.17. The van der Waals surface area contributed by atoms with E-state index in [0.717, 1.165) is 6.92 Å². The Morgan fingerprint density at radius 3 is 2.20 bits per heavy atom. The molecule has 0 aliphatic carbocycles. The Morgan fingerprint density at radius 1 is 0.967 bits per heavy atom. The number of halogens is 5. The summed E-state index contributed by atoms with van der Waals surface area (Å²) in [6.45, 7) is 1.07. The van der Waals surface area contributed by atoms with E-state index in [1.54, 1.807) is 48.5 Å². The molecule has 0 saturated heterocycles. The SMILES string of the molecule is C/C(F)=C(\F)C(CCBr)(c1ccc(Cl)cc1)c1ccc(F)c(Oc2ccccc2)c1. The molecule has 156 valence electrons. The topological polar surface area (TPSA) is 9.23 Å². The Balaban J connectivity index is 2.22. The molecule has 0 aromatic heterocycles. The van der Waals surface area contributed by atoms with Gasteiger partial charge in [-0.1, -0.05) is 63.9 Å². The zero-order valence-corrected chi connectivity index (χ0v) is 18.5. The summed E-state index contributed by atoms with van der Waals surface area (Å²) in [6.07, 6.45) is 0.193. The highest BCUT2D eigenvalue weighted by atomic mass is 79.9.